The molecular weight excluding hydrogens is 280 g/mol. The quantitative estimate of drug-likeness (QED) is 0.637. The summed E-state index contributed by atoms with van der Waals surface area (Å²) in [5.41, 5.74) is 2.66. The van der Waals surface area contributed by atoms with Crippen LogP contribution < -0.4 is 10.6 Å². The molecule has 7 nitrogen and oxygen atoms in total. The molecule has 0 saturated carbocycles. The van der Waals surface area contributed by atoms with E-state index in [1.165, 1.54) is 5.56 Å². The highest BCUT2D eigenvalue weighted by molar-refractivity contribution is 5.74. The van der Waals surface area contributed by atoms with Crippen molar-refractivity contribution in [3.05, 3.63) is 42.1 Å². The largest absolute Gasteiger partial charge is 0.395 e. The van der Waals surface area contributed by atoms with E-state index in [2.05, 4.69) is 37.7 Å². The number of anilines is 2. The number of aromatic nitrogens is 4. The van der Waals surface area contributed by atoms with Gasteiger partial charge in [-0.2, -0.15) is 4.98 Å². The van der Waals surface area contributed by atoms with Gasteiger partial charge >= 0.3 is 0 Å². The number of rotatable bonds is 6. The van der Waals surface area contributed by atoms with E-state index in [1.807, 2.05) is 29.8 Å². The molecule has 3 aromatic rings. The topological polar surface area (TPSA) is 87.9 Å². The van der Waals surface area contributed by atoms with Crippen molar-refractivity contribution in [1.82, 2.24) is 19.5 Å². The first-order valence-corrected chi connectivity index (χ1v) is 7.10. The molecule has 2 heterocycles. The van der Waals surface area contributed by atoms with Crippen LogP contribution in [0.5, 0.6) is 0 Å². The van der Waals surface area contributed by atoms with Gasteiger partial charge in [0.15, 0.2) is 5.65 Å². The van der Waals surface area contributed by atoms with Gasteiger partial charge in [0.05, 0.1) is 12.8 Å². The van der Waals surface area contributed by atoms with Crippen molar-refractivity contribution in [3.8, 4) is 0 Å². The molecular formula is C15H18N6O. The molecule has 2 aromatic heterocycles. The third-order valence-electron chi connectivity index (χ3n) is 3.30. The maximum absolute atomic E-state index is 8.83. The standard InChI is InChI=1S/C15H18N6O/c1-21-13-12(10-17-14(20-13)16-7-8-22)19-15(21)18-9-11-5-3-2-4-6-11/h2-6,10,22H,7-9H2,1H3,(H,18,19)(H,16,17,20). The molecule has 0 saturated heterocycles. The van der Waals surface area contributed by atoms with E-state index < -0.39 is 0 Å². The number of aryl methyl sites for hydroxylation is 1. The van der Waals surface area contributed by atoms with Gasteiger partial charge in [-0.25, -0.2) is 9.97 Å². The third-order valence-corrected chi connectivity index (χ3v) is 3.30. The Kier molecular flexibility index (Phi) is 4.15. The second-order valence-electron chi connectivity index (χ2n) is 4.89. The zero-order valence-corrected chi connectivity index (χ0v) is 12.3. The molecule has 114 valence electrons. The SMILES string of the molecule is Cn1c(NCc2ccccc2)nc2cnc(NCCO)nc21. The first kappa shape index (κ1) is 14.3. The first-order chi connectivity index (χ1) is 10.8. The second-order valence-corrected chi connectivity index (χ2v) is 4.89. The number of benzene rings is 1. The highest BCUT2D eigenvalue weighted by atomic mass is 16.3. The van der Waals surface area contributed by atoms with Gasteiger partial charge in [-0.15, -0.1) is 0 Å². The lowest BCUT2D eigenvalue weighted by molar-refractivity contribution is 0.311. The average Bonchev–Trinajstić information content (AvgIpc) is 2.88. The molecule has 3 rings (SSSR count). The smallest absolute Gasteiger partial charge is 0.224 e. The van der Waals surface area contributed by atoms with E-state index in [-0.39, 0.29) is 6.61 Å². The number of hydrogen-bond donors (Lipinski definition) is 3. The normalized spacial score (nSPS) is 10.8. The van der Waals surface area contributed by atoms with Crippen LogP contribution in [0.2, 0.25) is 0 Å². The predicted octanol–water partition coefficient (Wildman–Crippen LogP) is 1.38. The molecule has 0 unspecified atom stereocenters. The molecule has 0 aliphatic heterocycles. The first-order valence-electron chi connectivity index (χ1n) is 7.10. The molecule has 0 aliphatic rings. The van der Waals surface area contributed by atoms with Gasteiger partial charge in [0, 0.05) is 20.1 Å². The van der Waals surface area contributed by atoms with Gasteiger partial charge in [0.1, 0.15) is 5.52 Å². The van der Waals surface area contributed by atoms with Gasteiger partial charge in [0.2, 0.25) is 11.9 Å². The van der Waals surface area contributed by atoms with Crippen molar-refractivity contribution in [2.45, 2.75) is 6.54 Å². The number of aliphatic hydroxyl groups is 1. The predicted molar refractivity (Wildman–Crippen MR) is 85.6 cm³/mol. The molecule has 3 N–H and O–H groups in total. The van der Waals surface area contributed by atoms with Crippen molar-refractivity contribution in [3.63, 3.8) is 0 Å². The summed E-state index contributed by atoms with van der Waals surface area (Å²) in [7, 11) is 1.91. The van der Waals surface area contributed by atoms with Gasteiger partial charge in [-0.1, -0.05) is 30.3 Å². The van der Waals surface area contributed by atoms with Gasteiger partial charge in [0.25, 0.3) is 0 Å². The van der Waals surface area contributed by atoms with E-state index >= 15 is 0 Å². The fourth-order valence-electron chi connectivity index (χ4n) is 2.17. The number of nitrogens with one attached hydrogen (secondary N) is 2. The van der Waals surface area contributed by atoms with Crippen molar-refractivity contribution < 1.29 is 5.11 Å². The summed E-state index contributed by atoms with van der Waals surface area (Å²) in [5.74, 6) is 1.23. The highest BCUT2D eigenvalue weighted by Crippen LogP contribution is 2.17. The minimum absolute atomic E-state index is 0.0384. The van der Waals surface area contributed by atoms with Crippen LogP contribution in [0, 0.1) is 0 Å². The van der Waals surface area contributed by atoms with Crippen LogP contribution in [0.25, 0.3) is 11.2 Å². The summed E-state index contributed by atoms with van der Waals surface area (Å²) >= 11 is 0. The van der Waals surface area contributed by atoms with Crippen molar-refractivity contribution in [2.24, 2.45) is 7.05 Å². The molecule has 0 amide bonds. The van der Waals surface area contributed by atoms with E-state index in [9.17, 15) is 0 Å². The van der Waals surface area contributed by atoms with Crippen molar-refractivity contribution in [1.29, 1.82) is 0 Å². The number of fused-ring (bicyclic) bond motifs is 1. The van der Waals surface area contributed by atoms with Gasteiger partial charge < -0.3 is 15.7 Å². The molecule has 22 heavy (non-hydrogen) atoms. The Morgan fingerprint density at radius 2 is 1.95 bits per heavy atom. The van der Waals surface area contributed by atoms with Crippen molar-refractivity contribution in [2.75, 3.05) is 23.8 Å². The van der Waals surface area contributed by atoms with Crippen LogP contribution in [0.15, 0.2) is 36.5 Å². The minimum atomic E-state index is 0.0384. The molecule has 1 aromatic carbocycles. The summed E-state index contributed by atoms with van der Waals surface area (Å²) in [6.45, 7) is 1.15. The van der Waals surface area contributed by atoms with E-state index in [4.69, 9.17) is 5.11 Å². The molecule has 0 atom stereocenters. The summed E-state index contributed by atoms with van der Waals surface area (Å²) in [6.07, 6.45) is 1.68. The zero-order chi connectivity index (χ0) is 15.4. The van der Waals surface area contributed by atoms with Gasteiger partial charge in [-0.05, 0) is 5.56 Å². The average molecular weight is 298 g/mol. The second kappa shape index (κ2) is 6.40. The molecule has 0 spiro atoms. The Balaban J connectivity index is 1.80. The number of aliphatic hydroxyl groups excluding tert-OH is 1. The molecule has 0 bridgehead atoms. The van der Waals surface area contributed by atoms with E-state index in [0.717, 1.165) is 17.1 Å². The number of hydrogen-bond acceptors (Lipinski definition) is 6. The number of nitrogens with zero attached hydrogens (tertiary/aromatic N) is 4. The van der Waals surface area contributed by atoms with Crippen LogP contribution in [0.3, 0.4) is 0 Å². The molecule has 0 aliphatic carbocycles. The monoisotopic (exact) mass is 298 g/mol. The summed E-state index contributed by atoms with van der Waals surface area (Å²) in [4.78, 5) is 13.1. The molecule has 0 radical (unpaired) electrons. The Morgan fingerprint density at radius 1 is 1.14 bits per heavy atom. The maximum atomic E-state index is 8.83. The van der Waals surface area contributed by atoms with E-state index in [1.54, 1.807) is 6.20 Å². The molecule has 0 fully saturated rings. The Hall–Kier alpha value is -2.67. The lowest BCUT2D eigenvalue weighted by Crippen LogP contribution is -2.09. The Labute approximate surface area is 128 Å². The lowest BCUT2D eigenvalue weighted by atomic mass is 10.2. The highest BCUT2D eigenvalue weighted by Gasteiger charge is 2.10. The van der Waals surface area contributed by atoms with Crippen LogP contribution in [0.4, 0.5) is 11.9 Å². The molecule has 7 heteroatoms. The van der Waals surface area contributed by atoms with E-state index in [0.29, 0.717) is 19.0 Å². The summed E-state index contributed by atoms with van der Waals surface area (Å²) in [6, 6.07) is 10.1. The van der Waals surface area contributed by atoms with Crippen LogP contribution in [-0.4, -0.2) is 37.8 Å². The van der Waals surface area contributed by atoms with Crippen LogP contribution in [0.1, 0.15) is 5.56 Å². The Bertz CT molecular complexity index is 755. The third kappa shape index (κ3) is 2.99. The van der Waals surface area contributed by atoms with Crippen molar-refractivity contribution >= 4 is 23.1 Å². The zero-order valence-electron chi connectivity index (χ0n) is 12.3. The lowest BCUT2D eigenvalue weighted by Gasteiger charge is -2.06. The summed E-state index contributed by atoms with van der Waals surface area (Å²) < 4.78 is 1.89. The summed E-state index contributed by atoms with van der Waals surface area (Å²) in [5, 5.41) is 15.1. The minimum Gasteiger partial charge on any atom is -0.395 e. The fraction of sp³-hybridized carbons (Fsp3) is 0.267. The fourth-order valence-corrected chi connectivity index (χ4v) is 2.17. The maximum Gasteiger partial charge on any atom is 0.224 e. The Morgan fingerprint density at radius 3 is 2.73 bits per heavy atom. The van der Waals surface area contributed by atoms with Crippen LogP contribution >= 0.6 is 0 Å². The van der Waals surface area contributed by atoms with Gasteiger partial charge in [-0.3, -0.25) is 4.57 Å². The number of imidazole rings is 1. The van der Waals surface area contributed by atoms with Crippen LogP contribution in [-0.2, 0) is 13.6 Å².